The van der Waals surface area contributed by atoms with Crippen LogP contribution in [-0.4, -0.2) is 53.1 Å². The first-order valence-corrected chi connectivity index (χ1v) is 7.36. The molecule has 7 nitrogen and oxygen atoms in total. The maximum Gasteiger partial charge on any atom is 0.337 e. The van der Waals surface area contributed by atoms with Crippen molar-refractivity contribution >= 4 is 23.3 Å². The molecule has 2 rings (SSSR count). The number of carboxylic acid groups (broad SMARTS) is 1. The summed E-state index contributed by atoms with van der Waals surface area (Å²) < 4.78 is 0. The van der Waals surface area contributed by atoms with E-state index in [4.69, 9.17) is 0 Å². The van der Waals surface area contributed by atoms with Crippen molar-refractivity contribution in [1.29, 1.82) is 0 Å². The number of carboxylic acids is 1. The number of benzene rings is 1. The van der Waals surface area contributed by atoms with Crippen LogP contribution in [-0.2, 0) is 0 Å². The fourth-order valence-corrected chi connectivity index (χ4v) is 2.05. The zero-order valence-electron chi connectivity index (χ0n) is 13.3. The molecule has 0 amide bonds. The Kier molecular flexibility index (Phi) is 5.87. The van der Waals surface area contributed by atoms with Crippen LogP contribution in [0.15, 0.2) is 36.7 Å². The molecule has 0 aliphatic carbocycles. The Hall–Kier alpha value is -2.67. The van der Waals surface area contributed by atoms with Crippen LogP contribution in [0.4, 0.5) is 17.3 Å². The van der Waals surface area contributed by atoms with Gasteiger partial charge in [-0.25, -0.2) is 14.8 Å². The molecule has 0 aliphatic rings. The Morgan fingerprint density at radius 3 is 2.70 bits per heavy atom. The number of nitrogens with one attached hydrogen (secondary N) is 2. The number of para-hydroxylation sites is 1. The first-order chi connectivity index (χ1) is 11.1. The van der Waals surface area contributed by atoms with Gasteiger partial charge in [0.25, 0.3) is 0 Å². The second-order valence-corrected chi connectivity index (χ2v) is 5.35. The number of hydrogen-bond donors (Lipinski definition) is 3. The number of aromatic nitrogens is 2. The summed E-state index contributed by atoms with van der Waals surface area (Å²) in [4.78, 5) is 21.6. The van der Waals surface area contributed by atoms with Crippen molar-refractivity contribution in [2.24, 2.45) is 0 Å². The van der Waals surface area contributed by atoms with Gasteiger partial charge in [0.2, 0.25) is 0 Å². The summed E-state index contributed by atoms with van der Waals surface area (Å²) in [5.41, 5.74) is 0.698. The van der Waals surface area contributed by atoms with E-state index in [0.29, 0.717) is 17.3 Å². The van der Waals surface area contributed by atoms with E-state index in [0.717, 1.165) is 19.5 Å². The minimum atomic E-state index is -0.982. The fraction of sp³-hybridized carbons (Fsp3) is 0.312. The summed E-state index contributed by atoms with van der Waals surface area (Å²) in [7, 11) is 4.07. The van der Waals surface area contributed by atoms with Gasteiger partial charge in [0.05, 0.1) is 11.3 Å². The fourth-order valence-electron chi connectivity index (χ4n) is 2.05. The molecule has 0 bridgehead atoms. The van der Waals surface area contributed by atoms with Crippen LogP contribution in [0.3, 0.4) is 0 Å². The molecular weight excluding hydrogens is 294 g/mol. The highest BCUT2D eigenvalue weighted by Gasteiger charge is 2.09. The first-order valence-electron chi connectivity index (χ1n) is 7.36. The molecule has 0 atom stereocenters. The SMILES string of the molecule is CN(C)CCCNc1cc(Nc2ccccc2C(=O)O)ncn1. The molecule has 1 aromatic heterocycles. The van der Waals surface area contributed by atoms with Gasteiger partial charge < -0.3 is 20.6 Å². The van der Waals surface area contributed by atoms with Gasteiger partial charge in [0, 0.05) is 12.6 Å². The van der Waals surface area contributed by atoms with Gasteiger partial charge in [-0.3, -0.25) is 0 Å². The molecule has 23 heavy (non-hydrogen) atoms. The summed E-state index contributed by atoms with van der Waals surface area (Å²) in [6, 6.07) is 8.47. The van der Waals surface area contributed by atoms with Crippen molar-refractivity contribution in [3.05, 3.63) is 42.2 Å². The highest BCUT2D eigenvalue weighted by Crippen LogP contribution is 2.20. The maximum atomic E-state index is 11.2. The van der Waals surface area contributed by atoms with Gasteiger partial charge >= 0.3 is 5.97 Å². The highest BCUT2D eigenvalue weighted by molar-refractivity contribution is 5.95. The standard InChI is InChI=1S/C16H21N5O2/c1-21(2)9-5-8-17-14-10-15(19-11-18-14)20-13-7-4-3-6-12(13)16(22)23/h3-4,6-7,10-11H,5,8-9H2,1-2H3,(H,22,23)(H2,17,18,19,20). The summed E-state index contributed by atoms with van der Waals surface area (Å²) >= 11 is 0. The molecule has 7 heteroatoms. The Labute approximate surface area is 135 Å². The number of aromatic carboxylic acids is 1. The lowest BCUT2D eigenvalue weighted by atomic mass is 10.2. The molecule has 0 radical (unpaired) electrons. The second kappa shape index (κ2) is 8.09. The van der Waals surface area contributed by atoms with Crippen molar-refractivity contribution in [2.75, 3.05) is 37.8 Å². The summed E-state index contributed by atoms with van der Waals surface area (Å²) in [6.07, 6.45) is 2.45. The van der Waals surface area contributed by atoms with Crippen LogP contribution < -0.4 is 10.6 Å². The van der Waals surface area contributed by atoms with Crippen LogP contribution in [0.5, 0.6) is 0 Å². The van der Waals surface area contributed by atoms with E-state index >= 15 is 0 Å². The minimum Gasteiger partial charge on any atom is -0.478 e. The van der Waals surface area contributed by atoms with Crippen molar-refractivity contribution in [3.63, 3.8) is 0 Å². The van der Waals surface area contributed by atoms with Crippen molar-refractivity contribution in [3.8, 4) is 0 Å². The van der Waals surface area contributed by atoms with Crippen LogP contribution in [0.2, 0.25) is 0 Å². The highest BCUT2D eigenvalue weighted by atomic mass is 16.4. The largest absolute Gasteiger partial charge is 0.478 e. The lowest BCUT2D eigenvalue weighted by Crippen LogP contribution is -2.16. The maximum absolute atomic E-state index is 11.2. The third-order valence-corrected chi connectivity index (χ3v) is 3.18. The number of rotatable bonds is 8. The molecule has 0 unspecified atom stereocenters. The summed E-state index contributed by atoms with van der Waals surface area (Å²) in [6.45, 7) is 1.80. The molecule has 0 saturated heterocycles. The number of anilines is 3. The van der Waals surface area contributed by atoms with Gasteiger partial charge in [-0.1, -0.05) is 12.1 Å². The number of hydrogen-bond acceptors (Lipinski definition) is 6. The van der Waals surface area contributed by atoms with E-state index in [2.05, 4.69) is 25.5 Å². The zero-order valence-corrected chi connectivity index (χ0v) is 13.3. The van der Waals surface area contributed by atoms with Gasteiger partial charge in [-0.15, -0.1) is 0 Å². The van der Waals surface area contributed by atoms with E-state index in [9.17, 15) is 9.90 Å². The van der Waals surface area contributed by atoms with Crippen molar-refractivity contribution < 1.29 is 9.90 Å². The predicted octanol–water partition coefficient (Wildman–Crippen LogP) is 2.28. The Morgan fingerprint density at radius 2 is 1.96 bits per heavy atom. The topological polar surface area (TPSA) is 90.4 Å². The van der Waals surface area contributed by atoms with Gasteiger partial charge in [-0.05, 0) is 39.2 Å². The van der Waals surface area contributed by atoms with E-state index in [1.54, 1.807) is 30.3 Å². The average Bonchev–Trinajstić information content (AvgIpc) is 2.52. The summed E-state index contributed by atoms with van der Waals surface area (Å²) in [5, 5.41) is 15.4. The minimum absolute atomic E-state index is 0.201. The summed E-state index contributed by atoms with van der Waals surface area (Å²) in [5.74, 6) is 0.266. The van der Waals surface area contributed by atoms with E-state index in [1.165, 1.54) is 6.33 Å². The third-order valence-electron chi connectivity index (χ3n) is 3.18. The number of carbonyl (C=O) groups is 1. The Bertz CT molecular complexity index is 660. The Balaban J connectivity index is 2.01. The molecule has 122 valence electrons. The van der Waals surface area contributed by atoms with Crippen LogP contribution >= 0.6 is 0 Å². The van der Waals surface area contributed by atoms with Crippen molar-refractivity contribution in [1.82, 2.24) is 14.9 Å². The van der Waals surface area contributed by atoms with E-state index in [1.807, 2.05) is 14.1 Å². The molecule has 1 aromatic carbocycles. The van der Waals surface area contributed by atoms with E-state index in [-0.39, 0.29) is 5.56 Å². The molecule has 2 aromatic rings. The van der Waals surface area contributed by atoms with Crippen LogP contribution in [0.25, 0.3) is 0 Å². The lowest BCUT2D eigenvalue weighted by molar-refractivity contribution is 0.0698. The Morgan fingerprint density at radius 1 is 1.22 bits per heavy atom. The van der Waals surface area contributed by atoms with Gasteiger partial charge in [0.1, 0.15) is 18.0 Å². The third kappa shape index (κ3) is 5.23. The molecule has 1 heterocycles. The van der Waals surface area contributed by atoms with Crippen molar-refractivity contribution in [2.45, 2.75) is 6.42 Å². The molecule has 0 fully saturated rings. The molecule has 3 N–H and O–H groups in total. The van der Waals surface area contributed by atoms with E-state index < -0.39 is 5.97 Å². The molecular formula is C16H21N5O2. The molecule has 0 aliphatic heterocycles. The predicted molar refractivity (Wildman–Crippen MR) is 90.4 cm³/mol. The lowest BCUT2D eigenvalue weighted by Gasteiger charge is -2.11. The van der Waals surface area contributed by atoms with Crippen LogP contribution in [0.1, 0.15) is 16.8 Å². The van der Waals surface area contributed by atoms with Crippen LogP contribution in [0, 0.1) is 0 Å². The quantitative estimate of drug-likeness (QED) is 0.644. The monoisotopic (exact) mass is 315 g/mol. The molecule has 0 saturated carbocycles. The first kappa shape index (κ1) is 16.7. The molecule has 0 spiro atoms. The average molecular weight is 315 g/mol. The number of nitrogens with zero attached hydrogens (tertiary/aromatic N) is 3. The smallest absolute Gasteiger partial charge is 0.337 e. The zero-order chi connectivity index (χ0) is 16.7. The second-order valence-electron chi connectivity index (χ2n) is 5.35. The van der Waals surface area contributed by atoms with Gasteiger partial charge in [0.15, 0.2) is 0 Å². The normalized spacial score (nSPS) is 10.6. The van der Waals surface area contributed by atoms with Gasteiger partial charge in [-0.2, -0.15) is 0 Å².